The van der Waals surface area contributed by atoms with Crippen LogP contribution in [0.1, 0.15) is 12.0 Å². The number of ether oxygens (including phenoxy) is 2. The Balaban J connectivity index is 1.22. The molecule has 9 nitrogen and oxygen atoms in total. The van der Waals surface area contributed by atoms with Gasteiger partial charge in [-0.3, -0.25) is 4.90 Å². The van der Waals surface area contributed by atoms with E-state index < -0.39 is 6.09 Å². The number of anilines is 1. The van der Waals surface area contributed by atoms with Gasteiger partial charge in [-0.15, -0.1) is 0 Å². The summed E-state index contributed by atoms with van der Waals surface area (Å²) in [5, 5.41) is 3.58. The monoisotopic (exact) mass is 460 g/mol. The van der Waals surface area contributed by atoms with Crippen LogP contribution in [-0.2, 0) is 16.0 Å². The minimum Gasteiger partial charge on any atom is -0.444 e. The molecular formula is C25H28N6O3. The molecule has 2 aromatic heterocycles. The molecule has 3 aromatic rings. The van der Waals surface area contributed by atoms with Gasteiger partial charge in [0, 0.05) is 43.2 Å². The Hall–Kier alpha value is -3.43. The maximum absolute atomic E-state index is 11.5. The van der Waals surface area contributed by atoms with Gasteiger partial charge in [-0.25, -0.2) is 14.8 Å². The van der Waals surface area contributed by atoms with E-state index in [1.165, 1.54) is 5.56 Å². The molecule has 0 unspecified atom stereocenters. The number of amides is 1. The molecular weight excluding hydrogens is 432 g/mol. The second kappa shape index (κ2) is 8.73. The van der Waals surface area contributed by atoms with Crippen molar-refractivity contribution in [3.05, 3.63) is 54.2 Å². The summed E-state index contributed by atoms with van der Waals surface area (Å²) < 4.78 is 10.9. The molecule has 1 saturated heterocycles. The molecule has 2 fully saturated rings. The Bertz CT molecular complexity index is 1220. The van der Waals surface area contributed by atoms with E-state index in [4.69, 9.17) is 20.2 Å². The molecule has 3 heterocycles. The zero-order chi connectivity index (χ0) is 23.1. The number of nitrogens with two attached hydrogens (primary N) is 1. The minimum absolute atomic E-state index is 0.0423. The van der Waals surface area contributed by atoms with E-state index in [0.29, 0.717) is 11.6 Å². The number of hydrogen-bond acceptors (Lipinski definition) is 7. The Morgan fingerprint density at radius 1 is 1.18 bits per heavy atom. The van der Waals surface area contributed by atoms with E-state index in [9.17, 15) is 4.79 Å². The fourth-order valence-electron chi connectivity index (χ4n) is 5.39. The lowest BCUT2D eigenvalue weighted by Gasteiger charge is -2.28. The van der Waals surface area contributed by atoms with Crippen LogP contribution in [0.5, 0.6) is 0 Å². The van der Waals surface area contributed by atoms with Gasteiger partial charge in [0.15, 0.2) is 5.65 Å². The number of nitrogens with one attached hydrogen (secondary N) is 2. The highest BCUT2D eigenvalue weighted by Gasteiger charge is 2.47. The van der Waals surface area contributed by atoms with Gasteiger partial charge >= 0.3 is 6.09 Å². The minimum atomic E-state index is -0.737. The number of benzene rings is 1. The second-order valence-corrected chi connectivity index (χ2v) is 9.25. The van der Waals surface area contributed by atoms with Gasteiger partial charge in [-0.05, 0) is 18.1 Å². The first-order chi connectivity index (χ1) is 16.6. The summed E-state index contributed by atoms with van der Waals surface area (Å²) in [6.07, 6.45) is 5.99. The van der Waals surface area contributed by atoms with Crippen LogP contribution < -0.4 is 11.1 Å². The van der Waals surface area contributed by atoms with Gasteiger partial charge in [-0.1, -0.05) is 36.4 Å². The lowest BCUT2D eigenvalue weighted by molar-refractivity contribution is 0.0342. The zero-order valence-corrected chi connectivity index (χ0v) is 18.8. The maximum atomic E-state index is 11.5. The van der Waals surface area contributed by atoms with E-state index in [2.05, 4.69) is 56.6 Å². The van der Waals surface area contributed by atoms with Crippen molar-refractivity contribution in [2.24, 2.45) is 17.6 Å². The largest absolute Gasteiger partial charge is 0.444 e. The first-order valence-corrected chi connectivity index (χ1v) is 11.8. The molecule has 1 amide bonds. The molecule has 34 heavy (non-hydrogen) atoms. The van der Waals surface area contributed by atoms with Gasteiger partial charge in [0.25, 0.3) is 0 Å². The molecule has 0 spiro atoms. The third-order valence-electron chi connectivity index (χ3n) is 7.09. The molecule has 9 heteroatoms. The first-order valence-electron chi connectivity index (χ1n) is 11.8. The average Bonchev–Trinajstić information content (AvgIpc) is 3.56. The first kappa shape index (κ1) is 21.1. The number of H-pyrrole nitrogens is 1. The number of aromatic nitrogens is 3. The number of pyridine rings is 1. The summed E-state index contributed by atoms with van der Waals surface area (Å²) >= 11 is 0. The quantitative estimate of drug-likeness (QED) is 0.484. The molecule has 176 valence electrons. The van der Waals surface area contributed by atoms with Crippen molar-refractivity contribution < 1.29 is 14.3 Å². The molecule has 4 N–H and O–H groups in total. The summed E-state index contributed by atoms with van der Waals surface area (Å²) in [5.41, 5.74) is 9.97. The van der Waals surface area contributed by atoms with E-state index in [0.717, 1.165) is 61.9 Å². The molecule has 3 aliphatic rings. The zero-order valence-electron chi connectivity index (χ0n) is 18.8. The number of carbonyl (C=O) groups excluding carboxylic acids is 1. The number of imidazole rings is 1. The second-order valence-electron chi connectivity index (χ2n) is 9.25. The van der Waals surface area contributed by atoms with Crippen LogP contribution >= 0.6 is 0 Å². The van der Waals surface area contributed by atoms with Crippen molar-refractivity contribution in [2.45, 2.75) is 25.1 Å². The smallest absolute Gasteiger partial charge is 0.404 e. The summed E-state index contributed by atoms with van der Waals surface area (Å²) in [6, 6.07) is 10.4. The molecule has 4 atom stereocenters. The van der Waals surface area contributed by atoms with E-state index in [-0.39, 0.29) is 18.1 Å². The Labute approximate surface area is 197 Å². The number of rotatable bonds is 6. The van der Waals surface area contributed by atoms with Crippen LogP contribution in [0, 0.1) is 11.8 Å². The molecule has 1 aliphatic heterocycles. The number of primary amides is 1. The lowest BCUT2D eigenvalue weighted by Crippen LogP contribution is -2.41. The van der Waals surface area contributed by atoms with Crippen molar-refractivity contribution in [1.82, 2.24) is 19.9 Å². The Morgan fingerprint density at radius 2 is 1.97 bits per heavy atom. The Morgan fingerprint density at radius 3 is 2.76 bits per heavy atom. The summed E-state index contributed by atoms with van der Waals surface area (Å²) in [4.78, 5) is 26.5. The van der Waals surface area contributed by atoms with Crippen LogP contribution in [0.3, 0.4) is 0 Å². The summed E-state index contributed by atoms with van der Waals surface area (Å²) in [7, 11) is 0. The highest BCUT2D eigenvalue weighted by atomic mass is 16.6. The highest BCUT2D eigenvalue weighted by molar-refractivity contribution is 5.88. The third-order valence-corrected chi connectivity index (χ3v) is 7.09. The predicted octanol–water partition coefficient (Wildman–Crippen LogP) is 2.91. The van der Waals surface area contributed by atoms with Crippen LogP contribution in [0.4, 0.5) is 10.5 Å². The SMILES string of the molecule is NC(=O)O[C@@H]1[C@H](Nc2ccnc3nc(-c4ccc(CN5CCOCC5)cc4)[nH]c23)[C@H]2C=C[C@@H]1C2. The predicted molar refractivity (Wildman–Crippen MR) is 128 cm³/mol. The molecule has 0 radical (unpaired) electrons. The topological polar surface area (TPSA) is 118 Å². The number of nitrogens with zero attached hydrogens (tertiary/aromatic N) is 3. The van der Waals surface area contributed by atoms with E-state index >= 15 is 0 Å². The van der Waals surface area contributed by atoms with Crippen LogP contribution in [0.2, 0.25) is 0 Å². The number of aromatic amines is 1. The van der Waals surface area contributed by atoms with Crippen molar-refractivity contribution in [1.29, 1.82) is 0 Å². The Kier molecular flexibility index (Phi) is 5.43. The molecule has 1 aromatic carbocycles. The summed E-state index contributed by atoms with van der Waals surface area (Å²) in [5.74, 6) is 1.26. The van der Waals surface area contributed by atoms with Gasteiger partial charge in [0.2, 0.25) is 0 Å². The van der Waals surface area contributed by atoms with Gasteiger partial charge in [0.05, 0.1) is 24.9 Å². The van der Waals surface area contributed by atoms with Crippen molar-refractivity contribution >= 4 is 22.9 Å². The molecule has 6 rings (SSSR count). The fraction of sp³-hybridized carbons (Fsp3) is 0.400. The standard InChI is InChI=1S/C25H28N6O3/c26-25(32)34-22-18-6-5-17(13-18)20(22)28-19-7-8-27-24-21(19)29-23(30-24)16-3-1-15(2-4-16)14-31-9-11-33-12-10-31/h1-8,17-18,20,22H,9-14H2,(H2,26,32)(H2,27,28,29,30)/t17-,18+,20+,22-/m0/s1. The normalized spacial score (nSPS) is 26.2. The number of carbonyl (C=O) groups is 1. The fourth-order valence-corrected chi connectivity index (χ4v) is 5.39. The number of morpholine rings is 1. The van der Waals surface area contributed by atoms with Crippen molar-refractivity contribution in [3.8, 4) is 11.4 Å². The number of fused-ring (bicyclic) bond motifs is 3. The van der Waals surface area contributed by atoms with Gasteiger partial charge in [-0.2, -0.15) is 0 Å². The molecule has 2 aliphatic carbocycles. The van der Waals surface area contributed by atoms with Crippen molar-refractivity contribution in [3.63, 3.8) is 0 Å². The number of hydrogen-bond donors (Lipinski definition) is 3. The maximum Gasteiger partial charge on any atom is 0.404 e. The average molecular weight is 461 g/mol. The molecule has 1 saturated carbocycles. The van der Waals surface area contributed by atoms with Crippen LogP contribution in [-0.4, -0.2) is 64.4 Å². The van der Waals surface area contributed by atoms with Gasteiger partial charge < -0.3 is 25.5 Å². The lowest BCUT2D eigenvalue weighted by atomic mass is 9.98. The molecule has 2 bridgehead atoms. The van der Waals surface area contributed by atoms with Crippen molar-refractivity contribution in [2.75, 3.05) is 31.6 Å². The van der Waals surface area contributed by atoms with E-state index in [1.54, 1.807) is 6.20 Å². The summed E-state index contributed by atoms with van der Waals surface area (Å²) in [6.45, 7) is 4.46. The highest BCUT2D eigenvalue weighted by Crippen LogP contribution is 2.43. The van der Waals surface area contributed by atoms with E-state index in [1.807, 2.05) is 6.07 Å². The van der Waals surface area contributed by atoms with Crippen LogP contribution in [0.25, 0.3) is 22.6 Å². The third kappa shape index (κ3) is 4.01. The van der Waals surface area contributed by atoms with Crippen LogP contribution in [0.15, 0.2) is 48.7 Å². The van der Waals surface area contributed by atoms with Gasteiger partial charge in [0.1, 0.15) is 17.4 Å².